The van der Waals surface area contributed by atoms with E-state index in [0.717, 1.165) is 24.0 Å². The molecule has 0 spiro atoms. The molecule has 0 saturated carbocycles. The predicted molar refractivity (Wildman–Crippen MR) is 83.5 cm³/mol. The summed E-state index contributed by atoms with van der Waals surface area (Å²) in [6.07, 6.45) is 3.05. The van der Waals surface area contributed by atoms with Gasteiger partial charge >= 0.3 is 0 Å². The van der Waals surface area contributed by atoms with E-state index in [1.54, 1.807) is 7.11 Å². The van der Waals surface area contributed by atoms with Crippen LogP contribution in [0.25, 0.3) is 10.9 Å². The van der Waals surface area contributed by atoms with Crippen molar-refractivity contribution in [2.75, 3.05) is 7.11 Å². The topological polar surface area (TPSA) is 40.2 Å². The average Bonchev–Trinajstić information content (AvgIpc) is 2.78. The lowest BCUT2D eigenvalue weighted by atomic mass is 10.1. The van der Waals surface area contributed by atoms with Crippen LogP contribution >= 0.6 is 12.2 Å². The first kappa shape index (κ1) is 14.0. The fourth-order valence-electron chi connectivity index (χ4n) is 2.02. The van der Waals surface area contributed by atoms with Gasteiger partial charge in [-0.1, -0.05) is 24.4 Å². The minimum Gasteiger partial charge on any atom is -0.389 e. The fraction of sp³-hybridized carbons (Fsp3) is 0.400. The van der Waals surface area contributed by atoms with Gasteiger partial charge in [0.05, 0.1) is 5.60 Å². The second-order valence-electron chi connectivity index (χ2n) is 5.36. The first-order valence-electron chi connectivity index (χ1n) is 6.37. The maximum Gasteiger partial charge on any atom is 0.104 e. The van der Waals surface area contributed by atoms with E-state index in [1.165, 1.54) is 5.39 Å². The zero-order chi connectivity index (χ0) is 14.0. The van der Waals surface area contributed by atoms with Gasteiger partial charge in [0.15, 0.2) is 0 Å². The summed E-state index contributed by atoms with van der Waals surface area (Å²) in [4.78, 5) is 0.437. The highest BCUT2D eigenvalue weighted by Crippen LogP contribution is 2.21. The van der Waals surface area contributed by atoms with Crippen LogP contribution in [0.15, 0.2) is 30.5 Å². The maximum absolute atomic E-state index is 5.69. The van der Waals surface area contributed by atoms with Crippen molar-refractivity contribution < 1.29 is 4.74 Å². The fourth-order valence-corrected chi connectivity index (χ4v) is 2.15. The molecule has 0 aliphatic heterocycles. The third-order valence-corrected chi connectivity index (χ3v) is 3.80. The van der Waals surface area contributed by atoms with Crippen molar-refractivity contribution in [3.05, 3.63) is 36.0 Å². The van der Waals surface area contributed by atoms with Crippen LogP contribution < -0.4 is 5.73 Å². The summed E-state index contributed by atoms with van der Waals surface area (Å²) in [5.41, 5.74) is 7.65. The number of nitrogens with zero attached hydrogens (tertiary/aromatic N) is 1. The first-order valence-corrected chi connectivity index (χ1v) is 6.78. The molecule has 2 rings (SSSR count). The number of hydrogen-bond donors (Lipinski definition) is 1. The van der Waals surface area contributed by atoms with Crippen molar-refractivity contribution in [3.8, 4) is 0 Å². The molecule has 1 aromatic heterocycles. The molecule has 0 atom stereocenters. The zero-order valence-corrected chi connectivity index (χ0v) is 12.5. The Morgan fingerprint density at radius 1 is 1.37 bits per heavy atom. The first-order chi connectivity index (χ1) is 8.93. The van der Waals surface area contributed by atoms with Crippen LogP contribution in [-0.4, -0.2) is 22.3 Å². The number of aromatic nitrogens is 1. The molecule has 19 heavy (non-hydrogen) atoms. The van der Waals surface area contributed by atoms with Crippen LogP contribution in [0, 0.1) is 0 Å². The van der Waals surface area contributed by atoms with Crippen molar-refractivity contribution in [1.82, 2.24) is 4.57 Å². The number of rotatable bonds is 5. The SMILES string of the molecule is COC(C)(C)CCn1ccc2ccc(C(N)=S)cc21. The average molecular weight is 276 g/mol. The Kier molecular flexibility index (Phi) is 3.92. The molecule has 102 valence electrons. The van der Waals surface area contributed by atoms with Crippen molar-refractivity contribution in [2.24, 2.45) is 5.73 Å². The van der Waals surface area contributed by atoms with Crippen LogP contribution in [0.2, 0.25) is 0 Å². The normalized spacial score (nSPS) is 11.9. The van der Waals surface area contributed by atoms with Crippen LogP contribution in [0.4, 0.5) is 0 Å². The van der Waals surface area contributed by atoms with Gasteiger partial charge in [0.25, 0.3) is 0 Å². The van der Waals surface area contributed by atoms with Gasteiger partial charge in [-0.25, -0.2) is 0 Å². The Hall–Kier alpha value is -1.39. The molecule has 0 bridgehead atoms. The number of ether oxygens (including phenoxy) is 1. The molecule has 1 aromatic carbocycles. The van der Waals surface area contributed by atoms with Gasteiger partial charge in [0.2, 0.25) is 0 Å². The van der Waals surface area contributed by atoms with Crippen LogP contribution in [-0.2, 0) is 11.3 Å². The number of fused-ring (bicyclic) bond motifs is 1. The van der Waals surface area contributed by atoms with E-state index in [1.807, 2.05) is 6.07 Å². The summed E-state index contributed by atoms with van der Waals surface area (Å²) >= 11 is 5.03. The second kappa shape index (κ2) is 5.31. The Morgan fingerprint density at radius 3 is 2.74 bits per heavy atom. The lowest BCUT2D eigenvalue weighted by Crippen LogP contribution is -2.24. The van der Waals surface area contributed by atoms with E-state index in [9.17, 15) is 0 Å². The summed E-state index contributed by atoms with van der Waals surface area (Å²) in [7, 11) is 1.75. The smallest absolute Gasteiger partial charge is 0.104 e. The largest absolute Gasteiger partial charge is 0.389 e. The number of benzene rings is 1. The maximum atomic E-state index is 5.69. The molecular weight excluding hydrogens is 256 g/mol. The Balaban J connectivity index is 2.28. The number of aryl methyl sites for hydroxylation is 1. The summed E-state index contributed by atoms with van der Waals surface area (Å²) in [5, 5.41) is 1.20. The van der Waals surface area contributed by atoms with Gasteiger partial charge in [-0.15, -0.1) is 0 Å². The van der Waals surface area contributed by atoms with Gasteiger partial charge in [-0.05, 0) is 37.8 Å². The number of hydrogen-bond acceptors (Lipinski definition) is 2. The molecule has 2 N–H and O–H groups in total. The monoisotopic (exact) mass is 276 g/mol. The highest BCUT2D eigenvalue weighted by atomic mass is 32.1. The van der Waals surface area contributed by atoms with Gasteiger partial charge in [0.1, 0.15) is 4.99 Å². The van der Waals surface area contributed by atoms with Crippen LogP contribution in [0.1, 0.15) is 25.8 Å². The van der Waals surface area contributed by atoms with Crippen LogP contribution in [0.3, 0.4) is 0 Å². The van der Waals surface area contributed by atoms with Gasteiger partial charge in [-0.3, -0.25) is 0 Å². The number of thiocarbonyl (C=S) groups is 1. The van der Waals surface area contributed by atoms with E-state index in [4.69, 9.17) is 22.7 Å². The van der Waals surface area contributed by atoms with E-state index in [-0.39, 0.29) is 5.60 Å². The molecule has 0 fully saturated rings. The van der Waals surface area contributed by atoms with Crippen molar-refractivity contribution in [3.63, 3.8) is 0 Å². The lowest BCUT2D eigenvalue weighted by molar-refractivity contribution is 0.0123. The summed E-state index contributed by atoms with van der Waals surface area (Å²) in [6.45, 7) is 5.10. The summed E-state index contributed by atoms with van der Waals surface area (Å²) < 4.78 is 7.68. The van der Waals surface area contributed by atoms with Gasteiger partial charge < -0.3 is 15.0 Å². The second-order valence-corrected chi connectivity index (χ2v) is 5.80. The highest BCUT2D eigenvalue weighted by Gasteiger charge is 2.16. The third kappa shape index (κ3) is 3.14. The Bertz CT molecular complexity index is 601. The molecule has 0 saturated heterocycles. The molecule has 2 aromatic rings. The molecular formula is C15H20N2OS. The van der Waals surface area contributed by atoms with E-state index in [0.29, 0.717) is 4.99 Å². The molecule has 0 aliphatic carbocycles. The minimum absolute atomic E-state index is 0.114. The van der Waals surface area contributed by atoms with E-state index >= 15 is 0 Å². The quantitative estimate of drug-likeness (QED) is 0.853. The molecule has 4 heteroatoms. The molecule has 3 nitrogen and oxygen atoms in total. The van der Waals surface area contributed by atoms with E-state index < -0.39 is 0 Å². The predicted octanol–water partition coefficient (Wildman–Crippen LogP) is 3.09. The van der Waals surface area contributed by atoms with Gasteiger partial charge in [-0.2, -0.15) is 0 Å². The van der Waals surface area contributed by atoms with E-state index in [2.05, 4.69) is 42.8 Å². The third-order valence-electron chi connectivity index (χ3n) is 3.57. The van der Waals surface area contributed by atoms with Crippen LogP contribution in [0.5, 0.6) is 0 Å². The molecule has 0 amide bonds. The number of methoxy groups -OCH3 is 1. The Labute approximate surface area is 119 Å². The molecule has 0 radical (unpaired) electrons. The molecule has 1 heterocycles. The zero-order valence-electron chi connectivity index (χ0n) is 11.6. The molecule has 0 aliphatic rings. The Morgan fingerprint density at radius 2 is 2.11 bits per heavy atom. The van der Waals surface area contributed by atoms with Crippen molar-refractivity contribution in [2.45, 2.75) is 32.4 Å². The lowest BCUT2D eigenvalue weighted by Gasteiger charge is -2.23. The summed E-state index contributed by atoms with van der Waals surface area (Å²) in [6, 6.07) is 8.19. The summed E-state index contributed by atoms with van der Waals surface area (Å²) in [5.74, 6) is 0. The van der Waals surface area contributed by atoms with Gasteiger partial charge in [0, 0.05) is 30.9 Å². The minimum atomic E-state index is -0.114. The highest BCUT2D eigenvalue weighted by molar-refractivity contribution is 7.80. The van der Waals surface area contributed by atoms with Crippen molar-refractivity contribution >= 4 is 28.1 Å². The molecule has 0 unspecified atom stereocenters. The standard InChI is InChI=1S/C15H20N2OS/c1-15(2,18-3)7-9-17-8-6-11-4-5-12(14(16)19)10-13(11)17/h4-6,8,10H,7,9H2,1-3H3,(H2,16,19). The van der Waals surface area contributed by atoms with Crippen molar-refractivity contribution in [1.29, 1.82) is 0 Å². The number of nitrogens with two attached hydrogens (primary N) is 1.